The van der Waals surface area contributed by atoms with Gasteiger partial charge in [-0.05, 0) is 18.6 Å². The Balaban J connectivity index is 2.80. The summed E-state index contributed by atoms with van der Waals surface area (Å²) in [6.45, 7) is 0.157. The van der Waals surface area contributed by atoms with Crippen LogP contribution in [0.15, 0.2) is 18.2 Å². The van der Waals surface area contributed by atoms with Crippen molar-refractivity contribution in [2.45, 2.75) is 6.42 Å². The fraction of sp³-hybridized carbons (Fsp3) is 0.250. The summed E-state index contributed by atoms with van der Waals surface area (Å²) in [4.78, 5) is 10.2. The molecule has 1 rings (SSSR count). The van der Waals surface area contributed by atoms with Gasteiger partial charge in [0.15, 0.2) is 0 Å². The van der Waals surface area contributed by atoms with Crippen molar-refractivity contribution >= 4 is 28.6 Å². The highest BCUT2D eigenvalue weighted by atomic mass is 35.5. The monoisotopic (exact) mass is 264 g/mol. The molecule has 0 saturated heterocycles. The van der Waals surface area contributed by atoms with Gasteiger partial charge in [-0.15, -0.1) is 0 Å². The predicted octanol–water partition coefficient (Wildman–Crippen LogP) is 1.52. The summed E-state index contributed by atoms with van der Waals surface area (Å²) in [6.07, 6.45) is 0.253. The lowest BCUT2D eigenvalue weighted by Crippen LogP contribution is -2.19. The molecule has 6 nitrogen and oxygen atoms in total. The van der Waals surface area contributed by atoms with Crippen LogP contribution in [0, 0.1) is 10.1 Å². The Kier molecular flexibility index (Phi) is 4.81. The Morgan fingerprint density at radius 1 is 1.56 bits per heavy atom. The number of hydrogen-bond donors (Lipinski definition) is 2. The van der Waals surface area contributed by atoms with Crippen LogP contribution < -0.4 is 4.72 Å². The number of nitro benzene ring substituents is 1. The summed E-state index contributed by atoms with van der Waals surface area (Å²) >= 11 is 3.60. The highest BCUT2D eigenvalue weighted by Gasteiger charge is 2.13. The van der Waals surface area contributed by atoms with E-state index >= 15 is 0 Å². The molecular weight excluding hydrogens is 256 g/mol. The minimum absolute atomic E-state index is 0.0464. The van der Waals surface area contributed by atoms with Crippen LogP contribution in [0.2, 0.25) is 5.02 Å². The van der Waals surface area contributed by atoms with Crippen LogP contribution in [-0.2, 0) is 17.7 Å². The molecule has 0 bridgehead atoms. The van der Waals surface area contributed by atoms with E-state index in [0.29, 0.717) is 10.6 Å². The molecule has 0 amide bonds. The number of hydrogen-bond acceptors (Lipinski definition) is 3. The summed E-state index contributed by atoms with van der Waals surface area (Å²) < 4.78 is 21.0. The lowest BCUT2D eigenvalue weighted by atomic mass is 10.1. The molecule has 1 aromatic rings. The highest BCUT2D eigenvalue weighted by Crippen LogP contribution is 2.22. The smallest absolute Gasteiger partial charge is 0.272 e. The number of nitrogens with one attached hydrogen (secondary N) is 1. The number of nitrogens with zero attached hydrogens (tertiary/aromatic N) is 1. The molecule has 1 aromatic carbocycles. The van der Waals surface area contributed by atoms with E-state index in [2.05, 4.69) is 4.72 Å². The highest BCUT2D eigenvalue weighted by molar-refractivity contribution is 7.77. The molecule has 88 valence electrons. The maximum Gasteiger partial charge on any atom is 0.272 e. The normalized spacial score (nSPS) is 12.4. The molecule has 0 heterocycles. The van der Waals surface area contributed by atoms with Crippen molar-refractivity contribution < 1.29 is 13.7 Å². The van der Waals surface area contributed by atoms with Crippen molar-refractivity contribution in [3.05, 3.63) is 38.9 Å². The van der Waals surface area contributed by atoms with Gasteiger partial charge >= 0.3 is 0 Å². The average molecular weight is 265 g/mol. The average Bonchev–Trinajstić information content (AvgIpc) is 2.16. The molecular formula is C8H9ClN2O4S. The number of halogens is 1. The second kappa shape index (κ2) is 5.90. The molecule has 0 aliphatic rings. The van der Waals surface area contributed by atoms with Gasteiger partial charge in [0.1, 0.15) is 0 Å². The van der Waals surface area contributed by atoms with E-state index in [4.69, 9.17) is 16.2 Å². The van der Waals surface area contributed by atoms with Crippen LogP contribution in [0.3, 0.4) is 0 Å². The summed E-state index contributed by atoms with van der Waals surface area (Å²) in [5, 5.41) is 11.1. The minimum Gasteiger partial charge on any atom is -0.294 e. The zero-order valence-electron chi connectivity index (χ0n) is 8.05. The summed E-state index contributed by atoms with van der Waals surface area (Å²) in [7, 11) is 0. The van der Waals surface area contributed by atoms with Crippen LogP contribution in [-0.4, -0.2) is 20.2 Å². The first-order chi connectivity index (χ1) is 7.50. The first-order valence-corrected chi connectivity index (χ1v) is 5.76. The largest absolute Gasteiger partial charge is 0.294 e. The molecule has 0 aliphatic heterocycles. The van der Waals surface area contributed by atoms with Crippen molar-refractivity contribution in [3.63, 3.8) is 0 Å². The predicted molar refractivity (Wildman–Crippen MR) is 60.6 cm³/mol. The van der Waals surface area contributed by atoms with Crippen molar-refractivity contribution in [1.82, 2.24) is 4.72 Å². The van der Waals surface area contributed by atoms with Gasteiger partial charge in [-0.25, -0.2) is 8.93 Å². The van der Waals surface area contributed by atoms with Gasteiger partial charge in [-0.3, -0.25) is 14.7 Å². The summed E-state index contributed by atoms with van der Waals surface area (Å²) in [6, 6.07) is 4.22. The van der Waals surface area contributed by atoms with Crippen molar-refractivity contribution in [3.8, 4) is 0 Å². The SMILES string of the molecule is O=[N+]([O-])c1ccc(Cl)cc1CCNS(=O)O. The van der Waals surface area contributed by atoms with Crippen LogP contribution in [0.25, 0.3) is 0 Å². The molecule has 0 spiro atoms. The zero-order chi connectivity index (χ0) is 12.1. The van der Waals surface area contributed by atoms with Crippen LogP contribution in [0.1, 0.15) is 5.56 Å². The van der Waals surface area contributed by atoms with Crippen LogP contribution in [0.5, 0.6) is 0 Å². The summed E-state index contributed by atoms with van der Waals surface area (Å²) in [5.74, 6) is 0. The molecule has 0 radical (unpaired) electrons. The molecule has 8 heteroatoms. The Morgan fingerprint density at radius 2 is 2.25 bits per heavy atom. The van der Waals surface area contributed by atoms with E-state index in [1.165, 1.54) is 18.2 Å². The van der Waals surface area contributed by atoms with Crippen molar-refractivity contribution in [2.75, 3.05) is 6.54 Å². The third kappa shape index (κ3) is 3.86. The van der Waals surface area contributed by atoms with Gasteiger partial charge < -0.3 is 0 Å². The van der Waals surface area contributed by atoms with E-state index in [0.717, 1.165) is 0 Å². The Hall–Kier alpha value is -1.02. The second-order valence-corrected chi connectivity index (χ2v) is 4.15. The zero-order valence-corrected chi connectivity index (χ0v) is 9.62. The molecule has 16 heavy (non-hydrogen) atoms. The van der Waals surface area contributed by atoms with E-state index in [9.17, 15) is 14.3 Å². The van der Waals surface area contributed by atoms with Crippen LogP contribution >= 0.6 is 11.6 Å². The molecule has 0 saturated carbocycles. The van der Waals surface area contributed by atoms with Gasteiger partial charge in [0.05, 0.1) is 4.92 Å². The van der Waals surface area contributed by atoms with E-state index in [-0.39, 0.29) is 18.7 Å². The third-order valence-corrected chi connectivity index (χ3v) is 2.54. The standard InChI is InChI=1S/C8H9ClN2O4S/c9-7-1-2-8(11(12)13)6(5-7)3-4-10-16(14)15/h1-2,5,10H,3-4H2,(H,14,15). The minimum atomic E-state index is -2.11. The maximum absolute atomic E-state index is 10.7. The first-order valence-electron chi connectivity index (χ1n) is 4.28. The van der Waals surface area contributed by atoms with Gasteiger partial charge in [0.25, 0.3) is 5.69 Å². The second-order valence-electron chi connectivity index (χ2n) is 2.92. The van der Waals surface area contributed by atoms with E-state index < -0.39 is 16.2 Å². The molecule has 0 aromatic heterocycles. The Labute approximate surface area is 99.2 Å². The quantitative estimate of drug-likeness (QED) is 0.479. The van der Waals surface area contributed by atoms with E-state index in [1.807, 2.05) is 0 Å². The first kappa shape index (κ1) is 13.0. The molecule has 0 fully saturated rings. The lowest BCUT2D eigenvalue weighted by Gasteiger charge is -2.03. The van der Waals surface area contributed by atoms with Crippen molar-refractivity contribution in [2.24, 2.45) is 0 Å². The topological polar surface area (TPSA) is 92.5 Å². The van der Waals surface area contributed by atoms with E-state index in [1.54, 1.807) is 0 Å². The van der Waals surface area contributed by atoms with Crippen LogP contribution in [0.4, 0.5) is 5.69 Å². The van der Waals surface area contributed by atoms with Gasteiger partial charge in [-0.1, -0.05) is 11.6 Å². The fourth-order valence-electron chi connectivity index (χ4n) is 1.21. The fourth-order valence-corrected chi connectivity index (χ4v) is 1.68. The summed E-state index contributed by atoms with van der Waals surface area (Å²) in [5.41, 5.74) is 0.380. The molecule has 0 aliphatic carbocycles. The molecule has 1 atom stereocenters. The third-order valence-electron chi connectivity index (χ3n) is 1.86. The van der Waals surface area contributed by atoms with Gasteiger partial charge in [0, 0.05) is 23.2 Å². The number of nitro groups is 1. The number of rotatable bonds is 5. The lowest BCUT2D eigenvalue weighted by molar-refractivity contribution is -0.385. The molecule has 1 unspecified atom stereocenters. The Bertz CT molecular complexity index is 426. The number of benzene rings is 1. The molecule has 2 N–H and O–H groups in total. The van der Waals surface area contributed by atoms with Gasteiger partial charge in [0.2, 0.25) is 11.3 Å². The Morgan fingerprint density at radius 3 is 2.81 bits per heavy atom. The van der Waals surface area contributed by atoms with Gasteiger partial charge in [-0.2, -0.15) is 0 Å². The maximum atomic E-state index is 10.7. The van der Waals surface area contributed by atoms with Crippen molar-refractivity contribution in [1.29, 1.82) is 0 Å².